The highest BCUT2D eigenvalue weighted by atomic mass is 35.5. The van der Waals surface area contributed by atoms with Crippen LogP contribution >= 0.6 is 11.6 Å². The number of anilines is 4. The van der Waals surface area contributed by atoms with Gasteiger partial charge in [0.2, 0.25) is 11.9 Å². The van der Waals surface area contributed by atoms with Crippen LogP contribution in [0.1, 0.15) is 5.69 Å². The first kappa shape index (κ1) is 29.3. The third kappa shape index (κ3) is 5.89. The van der Waals surface area contributed by atoms with Crippen LogP contribution in [0.25, 0.3) is 22.2 Å². The summed E-state index contributed by atoms with van der Waals surface area (Å²) in [6.45, 7) is 6.56. The minimum absolute atomic E-state index is 0.137. The van der Waals surface area contributed by atoms with Crippen molar-refractivity contribution in [3.63, 3.8) is 0 Å². The topological polar surface area (TPSA) is 96.8 Å². The zero-order valence-corrected chi connectivity index (χ0v) is 24.8. The van der Waals surface area contributed by atoms with Crippen molar-refractivity contribution in [1.29, 1.82) is 0 Å². The molecule has 1 aliphatic heterocycles. The van der Waals surface area contributed by atoms with E-state index in [-0.39, 0.29) is 17.5 Å². The number of carbonyl (C=O) groups excluding carboxylic acids is 1. The van der Waals surface area contributed by atoms with Gasteiger partial charge in [-0.25, -0.2) is 14.4 Å². The van der Waals surface area contributed by atoms with Crippen molar-refractivity contribution < 1.29 is 18.7 Å². The molecule has 2 N–H and O–H groups in total. The first-order valence-electron chi connectivity index (χ1n) is 13.4. The highest BCUT2D eigenvalue weighted by Crippen LogP contribution is 2.40. The van der Waals surface area contributed by atoms with E-state index in [0.29, 0.717) is 54.0 Å². The summed E-state index contributed by atoms with van der Waals surface area (Å²) in [6, 6.07) is 9.07. The molecular formula is C30H33ClFN7O3. The zero-order valence-electron chi connectivity index (χ0n) is 24.0. The van der Waals surface area contributed by atoms with E-state index in [2.05, 4.69) is 36.6 Å². The minimum Gasteiger partial charge on any atom is -0.494 e. The molecule has 42 heavy (non-hydrogen) atoms. The van der Waals surface area contributed by atoms with Crippen molar-refractivity contribution in [3.8, 4) is 17.0 Å². The smallest absolute Gasteiger partial charge is 0.247 e. The van der Waals surface area contributed by atoms with Crippen molar-refractivity contribution in [3.05, 3.63) is 65.7 Å². The Bertz CT molecular complexity index is 1660. The SMILES string of the molecule is C=CC(=O)Nc1cc(Nc2ncc(F)c(-c3c4n(c5cc(Cl)ccc35)CCOC4)n2)c(OC)cc1N(C)CCN(C)C. The van der Waals surface area contributed by atoms with Crippen LogP contribution in [0.2, 0.25) is 5.02 Å². The first-order valence-corrected chi connectivity index (χ1v) is 13.8. The summed E-state index contributed by atoms with van der Waals surface area (Å²) < 4.78 is 28.9. The van der Waals surface area contributed by atoms with Gasteiger partial charge in [0.25, 0.3) is 0 Å². The lowest BCUT2D eigenvalue weighted by molar-refractivity contribution is -0.111. The largest absolute Gasteiger partial charge is 0.494 e. The average molecular weight is 594 g/mol. The lowest BCUT2D eigenvalue weighted by Crippen LogP contribution is -2.29. The Balaban J connectivity index is 1.57. The van der Waals surface area contributed by atoms with Crippen LogP contribution in [0, 0.1) is 5.82 Å². The predicted molar refractivity (Wildman–Crippen MR) is 165 cm³/mol. The first-order chi connectivity index (χ1) is 20.2. The molecule has 3 heterocycles. The second-order valence-electron chi connectivity index (χ2n) is 10.2. The minimum atomic E-state index is -0.569. The maximum Gasteiger partial charge on any atom is 0.247 e. The summed E-state index contributed by atoms with van der Waals surface area (Å²) in [6.07, 6.45) is 2.34. The molecular weight excluding hydrogens is 561 g/mol. The summed E-state index contributed by atoms with van der Waals surface area (Å²) in [4.78, 5) is 25.2. The van der Waals surface area contributed by atoms with Crippen LogP contribution in [-0.4, -0.2) is 73.3 Å². The van der Waals surface area contributed by atoms with E-state index in [1.165, 1.54) is 6.08 Å². The maximum absolute atomic E-state index is 15.4. The highest BCUT2D eigenvalue weighted by molar-refractivity contribution is 6.31. The third-order valence-electron chi connectivity index (χ3n) is 7.11. The predicted octanol–water partition coefficient (Wildman–Crippen LogP) is 5.30. The summed E-state index contributed by atoms with van der Waals surface area (Å²) >= 11 is 6.30. The number of nitrogens with one attached hydrogen (secondary N) is 2. The Morgan fingerprint density at radius 1 is 1.24 bits per heavy atom. The maximum atomic E-state index is 15.4. The molecule has 0 fully saturated rings. The molecule has 5 rings (SSSR count). The molecule has 0 atom stereocenters. The van der Waals surface area contributed by atoms with Crippen molar-refractivity contribution >= 4 is 51.4 Å². The third-order valence-corrected chi connectivity index (χ3v) is 7.35. The van der Waals surface area contributed by atoms with Crippen molar-refractivity contribution in [2.24, 2.45) is 0 Å². The van der Waals surface area contributed by atoms with Crippen LogP contribution in [0.4, 0.5) is 27.4 Å². The molecule has 1 amide bonds. The quantitative estimate of drug-likeness (QED) is 0.239. The fourth-order valence-corrected chi connectivity index (χ4v) is 5.17. The number of halogens is 2. The van der Waals surface area contributed by atoms with Crippen molar-refractivity contribution in [2.45, 2.75) is 13.2 Å². The fourth-order valence-electron chi connectivity index (χ4n) is 5.00. The average Bonchev–Trinajstić information content (AvgIpc) is 3.30. The number of hydrogen-bond donors (Lipinski definition) is 2. The van der Waals surface area contributed by atoms with Crippen LogP contribution in [-0.2, 0) is 22.7 Å². The fraction of sp³-hybridized carbons (Fsp3) is 0.300. The van der Waals surface area contributed by atoms with Gasteiger partial charge in [0.1, 0.15) is 11.4 Å². The van der Waals surface area contributed by atoms with Crippen LogP contribution in [0.5, 0.6) is 5.75 Å². The number of ether oxygens (including phenoxy) is 2. The Labute approximate surface area is 248 Å². The molecule has 0 bridgehead atoms. The number of carbonyl (C=O) groups is 1. The van der Waals surface area contributed by atoms with Gasteiger partial charge in [-0.2, -0.15) is 0 Å². The van der Waals surface area contributed by atoms with Gasteiger partial charge < -0.3 is 34.5 Å². The molecule has 0 saturated heterocycles. The summed E-state index contributed by atoms with van der Waals surface area (Å²) in [7, 11) is 7.47. The van der Waals surface area contributed by atoms with Crippen LogP contribution in [0.3, 0.4) is 0 Å². The van der Waals surface area contributed by atoms with Gasteiger partial charge in [-0.1, -0.05) is 24.2 Å². The number of benzene rings is 2. The number of methoxy groups -OCH3 is 1. The number of aromatic nitrogens is 3. The molecule has 10 nitrogen and oxygen atoms in total. The Hall–Kier alpha value is -4.19. The second kappa shape index (κ2) is 12.4. The monoisotopic (exact) mass is 593 g/mol. The van der Waals surface area contributed by atoms with E-state index >= 15 is 4.39 Å². The standard InChI is InChI=1S/C30H33ClFN7O3/c1-6-27(40)34-21-14-22(26(41-5)15-24(21)38(4)10-9-37(2)3)35-30-33-16-20(32)29(36-30)28-19-8-7-18(31)13-23(19)39-11-12-42-17-25(28)39/h6-8,13-16H,1,9-12,17H2,2-5H3,(H,34,40)(H,33,35,36). The summed E-state index contributed by atoms with van der Waals surface area (Å²) in [5.74, 6) is -0.290. The lowest BCUT2D eigenvalue weighted by atomic mass is 10.1. The lowest BCUT2D eigenvalue weighted by Gasteiger charge is -2.26. The van der Waals surface area contributed by atoms with Gasteiger partial charge in [-0.3, -0.25) is 4.79 Å². The Morgan fingerprint density at radius 2 is 2.05 bits per heavy atom. The molecule has 2 aromatic heterocycles. The highest BCUT2D eigenvalue weighted by Gasteiger charge is 2.25. The van der Waals surface area contributed by atoms with Gasteiger partial charge in [-0.15, -0.1) is 0 Å². The van der Waals surface area contributed by atoms with Gasteiger partial charge in [0, 0.05) is 48.7 Å². The van der Waals surface area contributed by atoms with Gasteiger partial charge in [-0.05, 0) is 38.4 Å². The Morgan fingerprint density at radius 3 is 2.79 bits per heavy atom. The summed E-state index contributed by atoms with van der Waals surface area (Å²) in [5, 5.41) is 7.44. The van der Waals surface area contributed by atoms with Crippen LogP contribution < -0.4 is 20.3 Å². The molecule has 4 aromatic rings. The number of fused-ring (bicyclic) bond motifs is 3. The van der Waals surface area contributed by atoms with E-state index in [1.807, 2.05) is 44.2 Å². The Kier molecular flexibility index (Phi) is 8.62. The molecule has 0 radical (unpaired) electrons. The molecule has 12 heteroatoms. The number of amides is 1. The number of nitrogens with zero attached hydrogens (tertiary/aromatic N) is 5. The molecule has 2 aromatic carbocycles. The zero-order chi connectivity index (χ0) is 30.0. The van der Waals surface area contributed by atoms with E-state index in [1.54, 1.807) is 19.2 Å². The molecule has 0 unspecified atom stereocenters. The van der Waals surface area contributed by atoms with Gasteiger partial charge in [0.05, 0.1) is 54.8 Å². The number of likely N-dealkylation sites (N-methyl/N-ethyl adjacent to an activating group) is 2. The molecule has 1 aliphatic rings. The van der Waals surface area contributed by atoms with Crippen molar-refractivity contribution in [1.82, 2.24) is 19.4 Å². The molecule has 0 aliphatic carbocycles. The van der Waals surface area contributed by atoms with Gasteiger partial charge in [0.15, 0.2) is 5.82 Å². The normalized spacial score (nSPS) is 12.7. The number of rotatable bonds is 10. The van der Waals surface area contributed by atoms with Crippen LogP contribution in [0.15, 0.2) is 49.2 Å². The summed E-state index contributed by atoms with van der Waals surface area (Å²) in [5.41, 5.74) is 4.25. The molecule has 220 valence electrons. The van der Waals surface area contributed by atoms with Crippen molar-refractivity contribution in [2.75, 3.05) is 63.5 Å². The van der Waals surface area contributed by atoms with E-state index in [4.69, 9.17) is 21.1 Å². The van der Waals surface area contributed by atoms with E-state index < -0.39 is 5.82 Å². The molecule has 0 spiro atoms. The molecule has 0 saturated carbocycles. The van der Waals surface area contributed by atoms with E-state index in [0.717, 1.165) is 35.0 Å². The second-order valence-corrected chi connectivity index (χ2v) is 10.6. The van der Waals surface area contributed by atoms with Gasteiger partial charge >= 0.3 is 0 Å². The van der Waals surface area contributed by atoms with E-state index in [9.17, 15) is 4.79 Å². The number of hydrogen-bond acceptors (Lipinski definition) is 8.